The van der Waals surface area contributed by atoms with E-state index in [0.29, 0.717) is 0 Å². The fraction of sp³-hybridized carbons (Fsp3) is 0.467. The van der Waals surface area contributed by atoms with Crippen molar-refractivity contribution in [3.63, 3.8) is 0 Å². The van der Waals surface area contributed by atoms with Crippen LogP contribution in [0.3, 0.4) is 0 Å². The first-order valence-corrected chi connectivity index (χ1v) is 7.18. The first-order chi connectivity index (χ1) is 8.24. The van der Waals surface area contributed by atoms with Gasteiger partial charge in [-0.15, -0.1) is 0 Å². The van der Waals surface area contributed by atoms with E-state index in [1.807, 2.05) is 0 Å². The Balaban J connectivity index is 1.79. The van der Waals surface area contributed by atoms with Crippen LogP contribution in [0.25, 0.3) is 6.08 Å². The number of hydrogen-bond donors (Lipinski definition) is 0. The number of nitrogens with zero attached hydrogens (tertiary/aromatic N) is 1. The van der Waals surface area contributed by atoms with Gasteiger partial charge in [-0.1, -0.05) is 47.1 Å². The fourth-order valence-corrected chi connectivity index (χ4v) is 2.42. The molecule has 1 heterocycles. The largest absolute Gasteiger partial charge is 0.300 e. The average Bonchev–Trinajstić information content (AvgIpc) is 2.34. The van der Waals surface area contributed by atoms with Gasteiger partial charge in [0.1, 0.15) is 0 Å². The molecule has 0 N–H and O–H groups in total. The molecular formula is C15H20BrN. The molecular weight excluding hydrogens is 274 g/mol. The Kier molecular flexibility index (Phi) is 4.81. The van der Waals surface area contributed by atoms with Crippen molar-refractivity contribution in [1.29, 1.82) is 0 Å². The summed E-state index contributed by atoms with van der Waals surface area (Å²) in [7, 11) is 0. The molecule has 1 aliphatic heterocycles. The summed E-state index contributed by atoms with van der Waals surface area (Å²) in [5.41, 5.74) is 1.28. The summed E-state index contributed by atoms with van der Waals surface area (Å²) in [6, 6.07) is 8.45. The van der Waals surface area contributed by atoms with Gasteiger partial charge in [-0.3, -0.25) is 4.90 Å². The predicted octanol–water partition coefficient (Wildman–Crippen LogP) is 4.19. The maximum absolute atomic E-state index is 3.45. The second-order valence-corrected chi connectivity index (χ2v) is 5.85. The van der Waals surface area contributed by atoms with Crippen LogP contribution >= 0.6 is 15.9 Å². The van der Waals surface area contributed by atoms with Crippen molar-refractivity contribution in [2.24, 2.45) is 5.92 Å². The summed E-state index contributed by atoms with van der Waals surface area (Å²) in [6.07, 6.45) is 7.20. The maximum atomic E-state index is 3.45. The number of piperidine rings is 1. The third-order valence-corrected chi connectivity index (χ3v) is 3.95. The number of hydrogen-bond acceptors (Lipinski definition) is 1. The minimum absolute atomic E-state index is 0.918. The maximum Gasteiger partial charge on any atom is 0.0175 e. The van der Waals surface area contributed by atoms with Crippen LogP contribution in [-0.4, -0.2) is 24.5 Å². The summed E-state index contributed by atoms with van der Waals surface area (Å²) >= 11 is 3.45. The van der Waals surface area contributed by atoms with Crippen LogP contribution in [0.15, 0.2) is 34.8 Å². The Morgan fingerprint density at radius 1 is 1.24 bits per heavy atom. The summed E-state index contributed by atoms with van der Waals surface area (Å²) in [4.78, 5) is 2.54. The highest BCUT2D eigenvalue weighted by Gasteiger charge is 2.13. The van der Waals surface area contributed by atoms with Crippen LogP contribution in [-0.2, 0) is 0 Å². The quantitative estimate of drug-likeness (QED) is 0.808. The molecule has 0 unspecified atom stereocenters. The lowest BCUT2D eigenvalue weighted by atomic mass is 9.99. The third-order valence-electron chi connectivity index (χ3n) is 3.42. The van der Waals surface area contributed by atoms with Gasteiger partial charge in [0.15, 0.2) is 0 Å². The van der Waals surface area contributed by atoms with Crippen LogP contribution in [0.4, 0.5) is 0 Å². The van der Waals surface area contributed by atoms with E-state index in [4.69, 9.17) is 0 Å². The Bertz CT molecular complexity index is 361. The van der Waals surface area contributed by atoms with E-state index in [9.17, 15) is 0 Å². The van der Waals surface area contributed by atoms with Crippen LogP contribution in [0.2, 0.25) is 0 Å². The lowest BCUT2D eigenvalue weighted by Crippen LogP contribution is -2.32. The van der Waals surface area contributed by atoms with Gasteiger partial charge in [-0.25, -0.2) is 0 Å². The lowest BCUT2D eigenvalue weighted by Gasteiger charge is -2.29. The highest BCUT2D eigenvalue weighted by molar-refractivity contribution is 9.10. The first kappa shape index (κ1) is 12.8. The predicted molar refractivity (Wildman–Crippen MR) is 78.0 cm³/mol. The van der Waals surface area contributed by atoms with E-state index >= 15 is 0 Å². The Labute approximate surface area is 113 Å². The normalized spacial score (nSPS) is 18.9. The summed E-state index contributed by atoms with van der Waals surface area (Å²) < 4.78 is 1.14. The molecule has 1 aromatic rings. The Hall–Kier alpha value is -0.600. The van der Waals surface area contributed by atoms with Crippen molar-refractivity contribution >= 4 is 22.0 Å². The Morgan fingerprint density at radius 2 is 1.88 bits per heavy atom. The van der Waals surface area contributed by atoms with Gasteiger partial charge in [0.2, 0.25) is 0 Å². The molecule has 0 aliphatic carbocycles. The number of benzene rings is 1. The van der Waals surface area contributed by atoms with E-state index in [0.717, 1.165) is 16.9 Å². The van der Waals surface area contributed by atoms with E-state index < -0.39 is 0 Å². The van der Waals surface area contributed by atoms with E-state index in [1.54, 1.807) is 0 Å². The molecule has 1 fully saturated rings. The average molecular weight is 294 g/mol. The molecule has 0 radical (unpaired) electrons. The van der Waals surface area contributed by atoms with Gasteiger partial charge < -0.3 is 0 Å². The monoisotopic (exact) mass is 293 g/mol. The second kappa shape index (κ2) is 6.36. The van der Waals surface area contributed by atoms with Gasteiger partial charge in [0.05, 0.1) is 0 Å². The highest BCUT2D eigenvalue weighted by Crippen LogP contribution is 2.16. The van der Waals surface area contributed by atoms with Gasteiger partial charge >= 0.3 is 0 Å². The van der Waals surface area contributed by atoms with Crippen molar-refractivity contribution in [3.8, 4) is 0 Å². The van der Waals surface area contributed by atoms with Crippen molar-refractivity contribution < 1.29 is 0 Å². The second-order valence-electron chi connectivity index (χ2n) is 4.94. The molecule has 0 saturated carbocycles. The zero-order chi connectivity index (χ0) is 12.1. The molecule has 0 atom stereocenters. The summed E-state index contributed by atoms with van der Waals surface area (Å²) in [6.45, 7) is 5.95. The molecule has 0 bridgehead atoms. The highest BCUT2D eigenvalue weighted by atomic mass is 79.9. The smallest absolute Gasteiger partial charge is 0.0175 e. The van der Waals surface area contributed by atoms with Crippen molar-refractivity contribution in [3.05, 3.63) is 40.4 Å². The summed E-state index contributed by atoms with van der Waals surface area (Å²) in [5.74, 6) is 0.918. The summed E-state index contributed by atoms with van der Waals surface area (Å²) in [5, 5.41) is 0. The standard InChI is InChI=1S/C15H20BrN/c1-13-8-11-17(12-9-13)10-2-3-14-4-6-15(16)7-5-14/h2-7,13H,8-12H2,1H3. The molecule has 17 heavy (non-hydrogen) atoms. The first-order valence-electron chi connectivity index (χ1n) is 6.38. The van der Waals surface area contributed by atoms with E-state index in [-0.39, 0.29) is 0 Å². The molecule has 1 saturated heterocycles. The molecule has 0 spiro atoms. The molecule has 2 rings (SSSR count). The van der Waals surface area contributed by atoms with Crippen molar-refractivity contribution in [1.82, 2.24) is 4.90 Å². The third kappa shape index (κ3) is 4.29. The Morgan fingerprint density at radius 3 is 2.53 bits per heavy atom. The SMILES string of the molecule is CC1CCN(CC=Cc2ccc(Br)cc2)CC1. The minimum Gasteiger partial charge on any atom is -0.300 e. The van der Waals surface area contributed by atoms with Gasteiger partial charge in [0.25, 0.3) is 0 Å². The number of rotatable bonds is 3. The molecule has 2 heteroatoms. The molecule has 1 aliphatic rings. The van der Waals surface area contributed by atoms with Gasteiger partial charge in [-0.2, -0.15) is 0 Å². The zero-order valence-electron chi connectivity index (χ0n) is 10.4. The van der Waals surface area contributed by atoms with E-state index in [2.05, 4.69) is 64.2 Å². The number of halogens is 1. The lowest BCUT2D eigenvalue weighted by molar-refractivity contribution is 0.210. The van der Waals surface area contributed by atoms with Gasteiger partial charge in [0, 0.05) is 11.0 Å². The molecule has 0 amide bonds. The van der Waals surface area contributed by atoms with Crippen LogP contribution in [0, 0.1) is 5.92 Å². The van der Waals surface area contributed by atoms with Crippen LogP contribution in [0.5, 0.6) is 0 Å². The molecule has 0 aromatic heterocycles. The zero-order valence-corrected chi connectivity index (χ0v) is 12.0. The van der Waals surface area contributed by atoms with Crippen molar-refractivity contribution in [2.45, 2.75) is 19.8 Å². The van der Waals surface area contributed by atoms with E-state index in [1.165, 1.54) is 31.5 Å². The molecule has 92 valence electrons. The minimum atomic E-state index is 0.918. The van der Waals surface area contributed by atoms with Crippen LogP contribution < -0.4 is 0 Å². The molecule has 1 nitrogen and oxygen atoms in total. The fourth-order valence-electron chi connectivity index (χ4n) is 2.16. The van der Waals surface area contributed by atoms with Gasteiger partial charge in [-0.05, 0) is 49.5 Å². The number of likely N-dealkylation sites (tertiary alicyclic amines) is 1. The topological polar surface area (TPSA) is 3.24 Å². The van der Waals surface area contributed by atoms with Crippen molar-refractivity contribution in [2.75, 3.05) is 19.6 Å². The molecule has 1 aromatic carbocycles. The van der Waals surface area contributed by atoms with Crippen LogP contribution in [0.1, 0.15) is 25.3 Å².